The minimum Gasteiger partial charge on any atom is -0.460 e. The second kappa shape index (κ2) is 11.2. The maximum Gasteiger partial charge on any atom is 0.333 e. The van der Waals surface area contributed by atoms with Crippen LogP contribution in [0.5, 0.6) is 0 Å². The first-order chi connectivity index (χ1) is 6.09. The van der Waals surface area contributed by atoms with Gasteiger partial charge in [-0.15, -0.1) is 0 Å². The number of aliphatic hydroxyl groups excluding tert-OH is 1. The normalized spacial score (nSPS) is 8.31. The molecule has 0 amide bonds. The standard InChI is InChI=1S/C6H10O3.C4H10/c1-5(2)6(8)9-4-3-7;1-3-4-2/h7H,1,3-4H2,2H3;3-4H2,1-2H3. The average Bonchev–Trinajstić information content (AvgIpc) is 2.14. The summed E-state index contributed by atoms with van der Waals surface area (Å²) in [6.45, 7) is 9.18. The average molecular weight is 188 g/mol. The zero-order valence-electron chi connectivity index (χ0n) is 8.80. The van der Waals surface area contributed by atoms with E-state index in [4.69, 9.17) is 5.11 Å². The first-order valence-electron chi connectivity index (χ1n) is 4.53. The first-order valence-corrected chi connectivity index (χ1v) is 4.53. The molecule has 0 heterocycles. The number of unbranched alkanes of at least 4 members (excludes halogenated alkanes) is 1. The molecule has 0 bridgehead atoms. The summed E-state index contributed by atoms with van der Waals surface area (Å²) in [7, 11) is 0. The number of rotatable bonds is 4. The predicted octanol–water partition coefficient (Wildman–Crippen LogP) is 1.90. The van der Waals surface area contributed by atoms with Gasteiger partial charge in [0, 0.05) is 5.57 Å². The third-order valence-corrected chi connectivity index (χ3v) is 1.17. The van der Waals surface area contributed by atoms with Crippen molar-refractivity contribution in [3.63, 3.8) is 0 Å². The van der Waals surface area contributed by atoms with Crippen molar-refractivity contribution >= 4 is 5.97 Å². The smallest absolute Gasteiger partial charge is 0.333 e. The summed E-state index contributed by atoms with van der Waals surface area (Å²) in [6, 6.07) is 0. The highest BCUT2D eigenvalue weighted by molar-refractivity contribution is 5.86. The highest BCUT2D eigenvalue weighted by Crippen LogP contribution is 1.89. The number of aliphatic hydroxyl groups is 1. The lowest BCUT2D eigenvalue weighted by Gasteiger charge is -1.99. The van der Waals surface area contributed by atoms with Crippen LogP contribution < -0.4 is 0 Å². The molecule has 0 saturated heterocycles. The predicted molar refractivity (Wildman–Crippen MR) is 53.4 cm³/mol. The summed E-state index contributed by atoms with van der Waals surface area (Å²) < 4.78 is 4.46. The van der Waals surface area contributed by atoms with Gasteiger partial charge in [0.2, 0.25) is 0 Å². The van der Waals surface area contributed by atoms with Crippen LogP contribution in [-0.2, 0) is 9.53 Å². The summed E-state index contributed by atoms with van der Waals surface area (Å²) in [4.78, 5) is 10.5. The molecule has 0 aliphatic heterocycles. The van der Waals surface area contributed by atoms with Gasteiger partial charge >= 0.3 is 5.97 Å². The SMILES string of the molecule is C=C(C)C(=O)OCCO.CCCC. The molecule has 0 saturated carbocycles. The Kier molecular flexibility index (Phi) is 12.6. The van der Waals surface area contributed by atoms with E-state index >= 15 is 0 Å². The van der Waals surface area contributed by atoms with E-state index in [1.165, 1.54) is 12.8 Å². The molecule has 0 aromatic carbocycles. The fourth-order valence-corrected chi connectivity index (χ4v) is 0.262. The number of carbonyl (C=O) groups is 1. The van der Waals surface area contributed by atoms with E-state index in [0.717, 1.165) is 0 Å². The third kappa shape index (κ3) is 14.1. The highest BCUT2D eigenvalue weighted by Gasteiger charge is 1.99. The summed E-state index contributed by atoms with van der Waals surface area (Å²) in [5.41, 5.74) is 0.350. The molecule has 0 aliphatic carbocycles. The van der Waals surface area contributed by atoms with Gasteiger partial charge in [0.15, 0.2) is 0 Å². The molecule has 3 nitrogen and oxygen atoms in total. The summed E-state index contributed by atoms with van der Waals surface area (Å²) in [5.74, 6) is -0.455. The molecule has 1 N–H and O–H groups in total. The molecule has 0 atom stereocenters. The third-order valence-electron chi connectivity index (χ3n) is 1.17. The largest absolute Gasteiger partial charge is 0.460 e. The van der Waals surface area contributed by atoms with Crippen molar-refractivity contribution in [1.29, 1.82) is 0 Å². The van der Waals surface area contributed by atoms with Crippen LogP contribution in [0, 0.1) is 0 Å². The van der Waals surface area contributed by atoms with Crippen LogP contribution >= 0.6 is 0 Å². The van der Waals surface area contributed by atoms with E-state index < -0.39 is 5.97 Å². The van der Waals surface area contributed by atoms with Gasteiger partial charge in [0.25, 0.3) is 0 Å². The van der Waals surface area contributed by atoms with Gasteiger partial charge in [-0.05, 0) is 6.92 Å². The Morgan fingerprint density at radius 2 is 1.85 bits per heavy atom. The fourth-order valence-electron chi connectivity index (χ4n) is 0.262. The number of carbonyl (C=O) groups excluding carboxylic acids is 1. The Hall–Kier alpha value is -0.830. The van der Waals surface area contributed by atoms with Crippen molar-refractivity contribution in [2.45, 2.75) is 33.6 Å². The zero-order valence-corrected chi connectivity index (χ0v) is 8.80. The molecule has 0 aromatic rings. The molecular weight excluding hydrogens is 168 g/mol. The molecule has 0 rings (SSSR count). The van der Waals surface area contributed by atoms with Gasteiger partial charge in [-0.3, -0.25) is 0 Å². The van der Waals surface area contributed by atoms with E-state index in [1.54, 1.807) is 6.92 Å². The second-order valence-corrected chi connectivity index (χ2v) is 2.64. The van der Waals surface area contributed by atoms with Crippen molar-refractivity contribution in [2.75, 3.05) is 13.2 Å². The van der Waals surface area contributed by atoms with Gasteiger partial charge in [0.1, 0.15) is 6.61 Å². The van der Waals surface area contributed by atoms with E-state index in [-0.39, 0.29) is 13.2 Å². The van der Waals surface area contributed by atoms with E-state index in [0.29, 0.717) is 5.57 Å². The number of ether oxygens (including phenoxy) is 1. The molecule has 78 valence electrons. The fraction of sp³-hybridized carbons (Fsp3) is 0.700. The lowest BCUT2D eigenvalue weighted by Crippen LogP contribution is -2.08. The van der Waals surface area contributed by atoms with Crippen LogP contribution in [0.3, 0.4) is 0 Å². The lowest BCUT2D eigenvalue weighted by atomic mass is 10.4. The van der Waals surface area contributed by atoms with Crippen molar-refractivity contribution in [3.8, 4) is 0 Å². The number of hydrogen-bond acceptors (Lipinski definition) is 3. The van der Waals surface area contributed by atoms with Gasteiger partial charge in [-0.2, -0.15) is 0 Å². The molecule has 0 aliphatic rings. The van der Waals surface area contributed by atoms with Crippen LogP contribution in [0.25, 0.3) is 0 Å². The summed E-state index contributed by atoms with van der Waals surface area (Å²) in [5, 5.41) is 8.19. The molecule has 3 heteroatoms. The van der Waals surface area contributed by atoms with Gasteiger partial charge in [-0.25, -0.2) is 4.79 Å². The van der Waals surface area contributed by atoms with Crippen LogP contribution in [-0.4, -0.2) is 24.3 Å². The quantitative estimate of drug-likeness (QED) is 0.541. The monoisotopic (exact) mass is 188 g/mol. The molecule has 0 fully saturated rings. The molecular formula is C10H20O3. The molecule has 0 spiro atoms. The second-order valence-electron chi connectivity index (χ2n) is 2.64. The molecule has 0 aromatic heterocycles. The van der Waals surface area contributed by atoms with Crippen LogP contribution in [0.2, 0.25) is 0 Å². The summed E-state index contributed by atoms with van der Waals surface area (Å²) >= 11 is 0. The van der Waals surface area contributed by atoms with Crippen LogP contribution in [0.4, 0.5) is 0 Å². The Bertz CT molecular complexity index is 139. The summed E-state index contributed by atoms with van der Waals surface area (Å²) in [6.07, 6.45) is 2.64. The van der Waals surface area contributed by atoms with Crippen LogP contribution in [0.15, 0.2) is 12.2 Å². The van der Waals surface area contributed by atoms with E-state index in [2.05, 4.69) is 25.2 Å². The van der Waals surface area contributed by atoms with Crippen LogP contribution in [0.1, 0.15) is 33.6 Å². The number of hydrogen-bond donors (Lipinski definition) is 1. The number of esters is 1. The topological polar surface area (TPSA) is 46.5 Å². The molecule has 0 unspecified atom stereocenters. The van der Waals surface area contributed by atoms with Crippen molar-refractivity contribution in [2.24, 2.45) is 0 Å². The van der Waals surface area contributed by atoms with Crippen molar-refractivity contribution in [1.82, 2.24) is 0 Å². The Labute approximate surface area is 80.4 Å². The zero-order chi connectivity index (χ0) is 10.7. The maximum atomic E-state index is 10.5. The van der Waals surface area contributed by atoms with Gasteiger partial charge < -0.3 is 9.84 Å². The Balaban J connectivity index is 0. The minimum absolute atomic E-state index is 0.0473. The molecule has 13 heavy (non-hydrogen) atoms. The van der Waals surface area contributed by atoms with Crippen molar-refractivity contribution in [3.05, 3.63) is 12.2 Å². The van der Waals surface area contributed by atoms with E-state index in [1.807, 2.05) is 0 Å². The maximum absolute atomic E-state index is 10.5. The minimum atomic E-state index is -0.455. The first kappa shape index (κ1) is 14.7. The van der Waals surface area contributed by atoms with Crippen molar-refractivity contribution < 1.29 is 14.6 Å². The lowest BCUT2D eigenvalue weighted by molar-refractivity contribution is -0.139. The van der Waals surface area contributed by atoms with Gasteiger partial charge in [-0.1, -0.05) is 33.3 Å². The highest BCUT2D eigenvalue weighted by atomic mass is 16.5. The molecule has 0 radical (unpaired) electrons. The Morgan fingerprint density at radius 1 is 1.38 bits per heavy atom. The Morgan fingerprint density at radius 3 is 2.08 bits per heavy atom. The van der Waals surface area contributed by atoms with Gasteiger partial charge in [0.05, 0.1) is 6.61 Å². The van der Waals surface area contributed by atoms with E-state index in [9.17, 15) is 4.79 Å².